The third kappa shape index (κ3) is 1.56. The van der Waals surface area contributed by atoms with Gasteiger partial charge in [0.05, 0.1) is 0 Å². The molecule has 2 saturated carbocycles. The van der Waals surface area contributed by atoms with Crippen molar-refractivity contribution in [1.29, 1.82) is 0 Å². The van der Waals surface area contributed by atoms with Crippen LogP contribution in [0.4, 0.5) is 0 Å². The number of ketones is 1. The zero-order valence-electron chi connectivity index (χ0n) is 9.96. The summed E-state index contributed by atoms with van der Waals surface area (Å²) in [6, 6.07) is 0. The standard InChI is InChI=1S/C14H22O/c1-4-14(3)10(2)8-9-11-12(14)6-5-7-13(11)15/h4,10-12H,1,5-9H2,2-3H3/t10-,11-,12+,14+/m1/s1. The van der Waals surface area contributed by atoms with Gasteiger partial charge in [-0.3, -0.25) is 4.79 Å². The van der Waals surface area contributed by atoms with Crippen molar-refractivity contribution in [3.05, 3.63) is 12.7 Å². The van der Waals surface area contributed by atoms with Crippen LogP contribution < -0.4 is 0 Å². The molecule has 0 N–H and O–H groups in total. The predicted molar refractivity (Wildman–Crippen MR) is 62.5 cm³/mol. The van der Waals surface area contributed by atoms with E-state index in [4.69, 9.17) is 0 Å². The molecule has 0 unspecified atom stereocenters. The van der Waals surface area contributed by atoms with E-state index in [1.54, 1.807) is 0 Å². The summed E-state index contributed by atoms with van der Waals surface area (Å²) in [6.07, 6.45) is 7.57. The molecule has 0 aromatic carbocycles. The number of carbonyl (C=O) groups is 1. The summed E-state index contributed by atoms with van der Waals surface area (Å²) < 4.78 is 0. The molecule has 2 fully saturated rings. The highest BCUT2D eigenvalue weighted by Gasteiger charge is 2.47. The first-order valence-corrected chi connectivity index (χ1v) is 6.26. The third-order valence-electron chi connectivity index (χ3n) is 5.05. The van der Waals surface area contributed by atoms with Crippen LogP contribution in [0.15, 0.2) is 12.7 Å². The Morgan fingerprint density at radius 1 is 1.40 bits per heavy atom. The molecule has 0 aliphatic heterocycles. The van der Waals surface area contributed by atoms with E-state index >= 15 is 0 Å². The van der Waals surface area contributed by atoms with Crippen molar-refractivity contribution >= 4 is 5.78 Å². The Morgan fingerprint density at radius 2 is 2.13 bits per heavy atom. The lowest BCUT2D eigenvalue weighted by molar-refractivity contribution is -0.132. The van der Waals surface area contributed by atoms with Gasteiger partial charge in [-0.05, 0) is 42.9 Å². The van der Waals surface area contributed by atoms with E-state index in [1.807, 2.05) is 0 Å². The Hall–Kier alpha value is -0.590. The van der Waals surface area contributed by atoms with Gasteiger partial charge in [0.1, 0.15) is 5.78 Å². The maximum atomic E-state index is 11.9. The molecule has 0 radical (unpaired) electrons. The average molecular weight is 206 g/mol. The smallest absolute Gasteiger partial charge is 0.136 e. The van der Waals surface area contributed by atoms with Gasteiger partial charge in [0.2, 0.25) is 0 Å². The summed E-state index contributed by atoms with van der Waals surface area (Å²) >= 11 is 0. The molecule has 0 saturated heterocycles. The second kappa shape index (κ2) is 3.77. The van der Waals surface area contributed by atoms with E-state index in [1.165, 1.54) is 12.8 Å². The van der Waals surface area contributed by atoms with E-state index in [-0.39, 0.29) is 5.41 Å². The van der Waals surface area contributed by atoms with Crippen molar-refractivity contribution in [3.8, 4) is 0 Å². The number of hydrogen-bond acceptors (Lipinski definition) is 1. The molecule has 0 heterocycles. The maximum Gasteiger partial charge on any atom is 0.136 e. The molecule has 0 aromatic rings. The Labute approximate surface area is 92.9 Å². The topological polar surface area (TPSA) is 17.1 Å². The summed E-state index contributed by atoms with van der Waals surface area (Å²) in [7, 11) is 0. The zero-order valence-corrected chi connectivity index (χ0v) is 9.96. The second-order valence-corrected chi connectivity index (χ2v) is 5.62. The summed E-state index contributed by atoms with van der Waals surface area (Å²) in [5.74, 6) is 2.12. The largest absolute Gasteiger partial charge is 0.299 e. The average Bonchev–Trinajstić information content (AvgIpc) is 2.24. The number of hydrogen-bond donors (Lipinski definition) is 0. The monoisotopic (exact) mass is 206 g/mol. The predicted octanol–water partition coefficient (Wildman–Crippen LogP) is 3.59. The number of rotatable bonds is 1. The quantitative estimate of drug-likeness (QED) is 0.599. The zero-order chi connectivity index (χ0) is 11.1. The van der Waals surface area contributed by atoms with Crippen LogP contribution in [0.1, 0.15) is 46.0 Å². The van der Waals surface area contributed by atoms with Crippen LogP contribution >= 0.6 is 0 Å². The second-order valence-electron chi connectivity index (χ2n) is 5.62. The molecule has 0 bridgehead atoms. The highest BCUT2D eigenvalue weighted by molar-refractivity contribution is 5.82. The fourth-order valence-corrected chi connectivity index (χ4v) is 3.67. The molecule has 0 aromatic heterocycles. The van der Waals surface area contributed by atoms with Gasteiger partial charge in [0.25, 0.3) is 0 Å². The molecule has 2 aliphatic rings. The lowest BCUT2D eigenvalue weighted by Crippen LogP contribution is -2.45. The lowest BCUT2D eigenvalue weighted by atomic mass is 9.54. The van der Waals surface area contributed by atoms with Gasteiger partial charge in [0.15, 0.2) is 0 Å². The SMILES string of the molecule is C=C[C@@]1(C)[C@H](C)CC[C@H]2C(=O)CCC[C@@H]21. The van der Waals surface area contributed by atoms with Crippen LogP contribution in [0.5, 0.6) is 0 Å². The fraction of sp³-hybridized carbons (Fsp3) is 0.786. The first-order valence-electron chi connectivity index (χ1n) is 6.26. The summed E-state index contributed by atoms with van der Waals surface area (Å²) in [5, 5.41) is 0. The van der Waals surface area contributed by atoms with Gasteiger partial charge in [-0.2, -0.15) is 0 Å². The molecule has 0 spiro atoms. The minimum Gasteiger partial charge on any atom is -0.299 e. The van der Waals surface area contributed by atoms with Crippen molar-refractivity contribution in [2.75, 3.05) is 0 Å². The molecular weight excluding hydrogens is 184 g/mol. The van der Waals surface area contributed by atoms with Crippen molar-refractivity contribution in [2.45, 2.75) is 46.0 Å². The van der Waals surface area contributed by atoms with Crippen LogP contribution in [0.25, 0.3) is 0 Å². The Morgan fingerprint density at radius 3 is 2.80 bits per heavy atom. The van der Waals surface area contributed by atoms with Crippen molar-refractivity contribution in [1.82, 2.24) is 0 Å². The minimum absolute atomic E-state index is 0.193. The normalized spacial score (nSPS) is 46.0. The molecule has 0 amide bonds. The van der Waals surface area contributed by atoms with Crippen molar-refractivity contribution in [3.63, 3.8) is 0 Å². The first-order chi connectivity index (χ1) is 7.09. The maximum absolute atomic E-state index is 11.9. The summed E-state index contributed by atoms with van der Waals surface area (Å²) in [4.78, 5) is 11.9. The van der Waals surface area contributed by atoms with Gasteiger partial charge in [-0.15, -0.1) is 6.58 Å². The molecule has 4 atom stereocenters. The fourth-order valence-electron chi connectivity index (χ4n) is 3.67. The van der Waals surface area contributed by atoms with Gasteiger partial charge in [-0.25, -0.2) is 0 Å². The van der Waals surface area contributed by atoms with Gasteiger partial charge in [-0.1, -0.05) is 19.9 Å². The molecular formula is C14H22O. The number of carbonyl (C=O) groups excluding carboxylic acids is 1. The highest BCUT2D eigenvalue weighted by atomic mass is 16.1. The molecule has 2 rings (SSSR count). The van der Waals surface area contributed by atoms with E-state index in [0.29, 0.717) is 23.5 Å². The van der Waals surface area contributed by atoms with Crippen molar-refractivity contribution in [2.24, 2.45) is 23.2 Å². The number of allylic oxidation sites excluding steroid dienone is 1. The molecule has 1 nitrogen and oxygen atoms in total. The van der Waals surface area contributed by atoms with Crippen LogP contribution in [0, 0.1) is 23.2 Å². The molecule has 2 aliphatic carbocycles. The molecule has 1 heteroatoms. The number of fused-ring (bicyclic) bond motifs is 1. The van der Waals surface area contributed by atoms with Crippen LogP contribution in [0.2, 0.25) is 0 Å². The highest BCUT2D eigenvalue weighted by Crippen LogP contribution is 2.52. The van der Waals surface area contributed by atoms with E-state index < -0.39 is 0 Å². The van der Waals surface area contributed by atoms with E-state index in [2.05, 4.69) is 26.5 Å². The summed E-state index contributed by atoms with van der Waals surface area (Å²) in [5.41, 5.74) is 0.193. The van der Waals surface area contributed by atoms with Crippen LogP contribution in [0.3, 0.4) is 0 Å². The third-order valence-corrected chi connectivity index (χ3v) is 5.05. The summed E-state index contributed by atoms with van der Waals surface area (Å²) in [6.45, 7) is 8.63. The minimum atomic E-state index is 0.193. The van der Waals surface area contributed by atoms with E-state index in [0.717, 1.165) is 19.3 Å². The molecule has 15 heavy (non-hydrogen) atoms. The Kier molecular flexibility index (Phi) is 2.74. The van der Waals surface area contributed by atoms with Gasteiger partial charge in [0, 0.05) is 12.3 Å². The Balaban J connectivity index is 2.29. The van der Waals surface area contributed by atoms with Gasteiger partial charge >= 0.3 is 0 Å². The lowest BCUT2D eigenvalue weighted by Gasteiger charge is -2.50. The van der Waals surface area contributed by atoms with Gasteiger partial charge < -0.3 is 0 Å². The van der Waals surface area contributed by atoms with Crippen LogP contribution in [-0.4, -0.2) is 5.78 Å². The van der Waals surface area contributed by atoms with Crippen molar-refractivity contribution < 1.29 is 4.79 Å². The van der Waals surface area contributed by atoms with E-state index in [9.17, 15) is 4.79 Å². The van der Waals surface area contributed by atoms with Crippen LogP contribution in [-0.2, 0) is 4.79 Å². The molecule has 84 valence electrons. The Bertz CT molecular complexity index is 281. The first kappa shape index (κ1) is 10.9. The number of Topliss-reactive ketones (excluding diaryl/α,β-unsaturated/α-hetero) is 1.